The third-order valence-corrected chi connectivity index (χ3v) is 3.13. The molecular weight excluding hydrogens is 252 g/mol. The number of aliphatic hydroxyl groups is 1. The number of nitrogens with zero attached hydrogens (tertiary/aromatic N) is 1. The lowest BCUT2D eigenvalue weighted by molar-refractivity contribution is 0.201. The van der Waals surface area contributed by atoms with Crippen LogP contribution in [0.1, 0.15) is 37.3 Å². The van der Waals surface area contributed by atoms with E-state index in [0.717, 1.165) is 36.2 Å². The first-order valence-electron chi connectivity index (χ1n) is 7.32. The molecule has 0 aliphatic rings. The molecule has 2 N–H and O–H groups in total. The highest BCUT2D eigenvalue weighted by molar-refractivity contribution is 5.89. The monoisotopic (exact) mass is 278 g/mol. The van der Waals surface area contributed by atoms with Crippen LogP contribution >= 0.6 is 0 Å². The summed E-state index contributed by atoms with van der Waals surface area (Å²) in [6.45, 7) is 7.57. The van der Waals surface area contributed by atoms with Gasteiger partial charge in [-0.2, -0.15) is 0 Å². The molecule has 0 aliphatic heterocycles. The number of carbonyl (C=O) groups excluding carboxylic acids is 1. The van der Waals surface area contributed by atoms with Crippen LogP contribution in [0.15, 0.2) is 18.2 Å². The molecule has 0 bridgehead atoms. The number of rotatable bonds is 7. The number of hydrogen-bond donors (Lipinski definition) is 2. The topological polar surface area (TPSA) is 52.6 Å². The van der Waals surface area contributed by atoms with Gasteiger partial charge in [0, 0.05) is 25.4 Å². The number of nitrogens with one attached hydrogen (secondary N) is 1. The molecule has 0 atom stereocenters. The maximum atomic E-state index is 12.3. The second-order valence-electron chi connectivity index (χ2n) is 5.22. The van der Waals surface area contributed by atoms with E-state index in [1.807, 2.05) is 26.0 Å². The Balaban J connectivity index is 2.68. The van der Waals surface area contributed by atoms with E-state index in [9.17, 15) is 4.79 Å². The molecule has 0 spiro atoms. The van der Waals surface area contributed by atoms with Crippen molar-refractivity contribution in [1.29, 1.82) is 0 Å². The second-order valence-corrected chi connectivity index (χ2v) is 5.22. The lowest BCUT2D eigenvalue weighted by Gasteiger charge is -2.23. The summed E-state index contributed by atoms with van der Waals surface area (Å²) < 4.78 is 0. The molecule has 2 amide bonds. The van der Waals surface area contributed by atoms with Crippen LogP contribution in [-0.2, 0) is 0 Å². The summed E-state index contributed by atoms with van der Waals surface area (Å²) in [5, 5.41) is 11.9. The van der Waals surface area contributed by atoms with Crippen molar-refractivity contribution in [2.45, 2.75) is 40.0 Å². The smallest absolute Gasteiger partial charge is 0.321 e. The fraction of sp³-hybridized carbons (Fsp3) is 0.562. The molecule has 4 nitrogen and oxygen atoms in total. The minimum atomic E-state index is -0.0862. The zero-order valence-corrected chi connectivity index (χ0v) is 12.8. The van der Waals surface area contributed by atoms with Crippen molar-refractivity contribution >= 4 is 11.7 Å². The molecular formula is C16H26N2O2. The van der Waals surface area contributed by atoms with E-state index in [1.54, 1.807) is 4.90 Å². The van der Waals surface area contributed by atoms with Crippen LogP contribution in [0.4, 0.5) is 10.5 Å². The molecule has 0 aromatic heterocycles. The van der Waals surface area contributed by atoms with Gasteiger partial charge < -0.3 is 15.3 Å². The van der Waals surface area contributed by atoms with Crippen LogP contribution < -0.4 is 5.32 Å². The van der Waals surface area contributed by atoms with Gasteiger partial charge in [-0.25, -0.2) is 4.79 Å². The van der Waals surface area contributed by atoms with Gasteiger partial charge >= 0.3 is 6.03 Å². The molecule has 0 unspecified atom stereocenters. The number of carbonyl (C=O) groups is 1. The van der Waals surface area contributed by atoms with Crippen molar-refractivity contribution in [2.24, 2.45) is 0 Å². The Labute approximate surface area is 121 Å². The van der Waals surface area contributed by atoms with Gasteiger partial charge in [0.25, 0.3) is 0 Å². The second kappa shape index (κ2) is 8.59. The summed E-state index contributed by atoms with van der Waals surface area (Å²) in [4.78, 5) is 14.1. The number of hydrogen-bond acceptors (Lipinski definition) is 2. The number of amides is 2. The van der Waals surface area contributed by atoms with Crippen LogP contribution in [0.3, 0.4) is 0 Å². The van der Waals surface area contributed by atoms with E-state index < -0.39 is 0 Å². The molecule has 1 rings (SSSR count). The van der Waals surface area contributed by atoms with E-state index in [1.165, 1.54) is 0 Å². The molecule has 0 saturated heterocycles. The minimum Gasteiger partial charge on any atom is -0.396 e. The highest BCUT2D eigenvalue weighted by atomic mass is 16.3. The third kappa shape index (κ3) is 5.61. The van der Waals surface area contributed by atoms with Crippen molar-refractivity contribution in [3.05, 3.63) is 29.3 Å². The zero-order valence-electron chi connectivity index (χ0n) is 12.8. The van der Waals surface area contributed by atoms with Crippen LogP contribution in [0.25, 0.3) is 0 Å². The molecule has 1 aromatic carbocycles. The van der Waals surface area contributed by atoms with Crippen LogP contribution in [0, 0.1) is 13.8 Å². The van der Waals surface area contributed by atoms with Crippen molar-refractivity contribution in [2.75, 3.05) is 25.0 Å². The summed E-state index contributed by atoms with van der Waals surface area (Å²) >= 11 is 0. The highest BCUT2D eigenvalue weighted by Gasteiger charge is 2.12. The Morgan fingerprint density at radius 3 is 2.30 bits per heavy atom. The van der Waals surface area contributed by atoms with Crippen LogP contribution in [0.5, 0.6) is 0 Å². The Hall–Kier alpha value is -1.55. The molecule has 0 heterocycles. The van der Waals surface area contributed by atoms with Crippen molar-refractivity contribution in [3.8, 4) is 0 Å². The van der Waals surface area contributed by atoms with Crippen molar-refractivity contribution in [1.82, 2.24) is 4.90 Å². The predicted molar refractivity (Wildman–Crippen MR) is 83.1 cm³/mol. The zero-order chi connectivity index (χ0) is 15.0. The van der Waals surface area contributed by atoms with Gasteiger partial charge in [0.2, 0.25) is 0 Å². The number of benzene rings is 1. The molecule has 4 heteroatoms. The number of aryl methyl sites for hydroxylation is 2. The average Bonchev–Trinajstić information content (AvgIpc) is 2.37. The van der Waals surface area contributed by atoms with Gasteiger partial charge in [0.05, 0.1) is 0 Å². The molecule has 0 fully saturated rings. The van der Waals surface area contributed by atoms with Crippen molar-refractivity contribution < 1.29 is 9.90 Å². The van der Waals surface area contributed by atoms with Gasteiger partial charge in [-0.05, 0) is 49.9 Å². The summed E-state index contributed by atoms with van der Waals surface area (Å²) in [6, 6.07) is 5.93. The van der Waals surface area contributed by atoms with E-state index in [-0.39, 0.29) is 12.6 Å². The average molecular weight is 278 g/mol. The van der Waals surface area contributed by atoms with Gasteiger partial charge in [-0.15, -0.1) is 0 Å². The van der Waals surface area contributed by atoms with Gasteiger partial charge in [-0.1, -0.05) is 19.4 Å². The maximum Gasteiger partial charge on any atom is 0.321 e. The van der Waals surface area contributed by atoms with Gasteiger partial charge in [0.15, 0.2) is 0 Å². The van der Waals surface area contributed by atoms with Gasteiger partial charge in [-0.3, -0.25) is 0 Å². The normalized spacial score (nSPS) is 10.4. The number of unbranched alkanes of at least 4 members (excludes halogenated alkanes) is 1. The van der Waals surface area contributed by atoms with E-state index in [0.29, 0.717) is 13.0 Å². The largest absolute Gasteiger partial charge is 0.396 e. The van der Waals surface area contributed by atoms with E-state index >= 15 is 0 Å². The summed E-state index contributed by atoms with van der Waals surface area (Å²) in [5.41, 5.74) is 3.10. The number of aliphatic hydroxyl groups excluding tert-OH is 1. The Morgan fingerprint density at radius 2 is 1.75 bits per heavy atom. The predicted octanol–water partition coefficient (Wildman–Crippen LogP) is 3.32. The lowest BCUT2D eigenvalue weighted by atomic mass is 10.1. The fourth-order valence-corrected chi connectivity index (χ4v) is 2.17. The van der Waals surface area contributed by atoms with Crippen LogP contribution in [-0.4, -0.2) is 35.7 Å². The number of urea groups is 1. The molecule has 0 aliphatic carbocycles. The van der Waals surface area contributed by atoms with E-state index in [2.05, 4.69) is 18.3 Å². The molecule has 112 valence electrons. The molecule has 1 aromatic rings. The summed E-state index contributed by atoms with van der Waals surface area (Å²) in [5.74, 6) is 0. The van der Waals surface area contributed by atoms with Crippen LogP contribution in [0.2, 0.25) is 0 Å². The first kappa shape index (κ1) is 16.5. The maximum absolute atomic E-state index is 12.3. The summed E-state index contributed by atoms with van der Waals surface area (Å²) in [7, 11) is 0. The first-order chi connectivity index (χ1) is 9.56. The lowest BCUT2D eigenvalue weighted by Crippen LogP contribution is -2.36. The van der Waals surface area contributed by atoms with Crippen molar-refractivity contribution in [3.63, 3.8) is 0 Å². The molecule has 20 heavy (non-hydrogen) atoms. The highest BCUT2D eigenvalue weighted by Crippen LogP contribution is 2.14. The molecule has 0 radical (unpaired) electrons. The minimum absolute atomic E-state index is 0.0862. The molecule has 0 saturated carbocycles. The quantitative estimate of drug-likeness (QED) is 0.804. The Morgan fingerprint density at radius 1 is 1.15 bits per heavy atom. The van der Waals surface area contributed by atoms with E-state index in [4.69, 9.17) is 5.11 Å². The van der Waals surface area contributed by atoms with Gasteiger partial charge in [0.1, 0.15) is 0 Å². The third-order valence-electron chi connectivity index (χ3n) is 3.13. The number of anilines is 1. The summed E-state index contributed by atoms with van der Waals surface area (Å²) in [6.07, 6.45) is 2.64. The Kier molecular flexibility index (Phi) is 7.09. The fourth-order valence-electron chi connectivity index (χ4n) is 2.17. The first-order valence-corrected chi connectivity index (χ1v) is 7.32. The Bertz CT molecular complexity index is 404. The SMILES string of the molecule is CCCCN(CCCO)C(=O)Nc1cc(C)cc(C)c1. The standard InChI is InChI=1S/C16H26N2O2/c1-4-5-7-18(8-6-9-19)16(20)17-15-11-13(2)10-14(3)12-15/h10-12,19H,4-9H2,1-3H3,(H,17,20).